The van der Waals surface area contributed by atoms with Crippen LogP contribution in [0.3, 0.4) is 0 Å². The number of nitrogens with one attached hydrogen (secondary N) is 3. The summed E-state index contributed by atoms with van der Waals surface area (Å²) in [7, 11) is 0. The Bertz CT molecular complexity index is 655. The lowest BCUT2D eigenvalue weighted by Crippen LogP contribution is -2.44. The summed E-state index contributed by atoms with van der Waals surface area (Å²) < 4.78 is 5.31. The van der Waals surface area contributed by atoms with Gasteiger partial charge in [-0.1, -0.05) is 6.92 Å². The van der Waals surface area contributed by atoms with Crippen LogP contribution in [0.4, 0.5) is 0 Å². The van der Waals surface area contributed by atoms with Crippen LogP contribution in [0, 0.1) is 5.92 Å². The molecule has 0 aromatic carbocycles. The Hall–Kier alpha value is -2.31. The fourth-order valence-electron chi connectivity index (χ4n) is 3.11. The van der Waals surface area contributed by atoms with Gasteiger partial charge < -0.3 is 15.1 Å². The molecule has 0 atom stereocenters. The highest BCUT2D eigenvalue weighted by molar-refractivity contribution is 5.80. The van der Waals surface area contributed by atoms with Gasteiger partial charge in [0.1, 0.15) is 5.82 Å². The minimum absolute atomic E-state index is 0.532. The summed E-state index contributed by atoms with van der Waals surface area (Å²) in [6, 6.07) is 4.21. The fraction of sp³-hybridized carbons (Fsp3) is 0.611. The highest BCUT2D eigenvalue weighted by Crippen LogP contribution is 2.23. The summed E-state index contributed by atoms with van der Waals surface area (Å²) in [4.78, 5) is 9.13. The van der Waals surface area contributed by atoms with Gasteiger partial charge in [-0.25, -0.2) is 4.98 Å². The lowest BCUT2D eigenvalue weighted by Gasteiger charge is -2.28. The first kappa shape index (κ1) is 17.5. The Morgan fingerprint density at radius 2 is 2.20 bits per heavy atom. The zero-order chi connectivity index (χ0) is 17.5. The minimum atomic E-state index is 0.532. The largest absolute Gasteiger partial charge is 0.461 e. The number of rotatable bonds is 6. The number of furan rings is 1. The number of hydrogen-bond acceptors (Lipinski definition) is 4. The van der Waals surface area contributed by atoms with Crippen molar-refractivity contribution in [2.75, 3.05) is 13.1 Å². The van der Waals surface area contributed by atoms with E-state index < -0.39 is 0 Å². The Kier molecular flexibility index (Phi) is 6.09. The van der Waals surface area contributed by atoms with Gasteiger partial charge in [-0.2, -0.15) is 5.10 Å². The summed E-state index contributed by atoms with van der Waals surface area (Å²) in [6.07, 6.45) is 7.37. The molecule has 136 valence electrons. The Morgan fingerprint density at radius 3 is 2.92 bits per heavy atom. The highest BCUT2D eigenvalue weighted by Gasteiger charge is 2.18. The SMILES string of the molecule is CCNC(=NCCc1nc(-c2ccco2)n[nH]1)NC1CCC(C)CC1. The predicted octanol–water partition coefficient (Wildman–Crippen LogP) is 2.74. The maximum absolute atomic E-state index is 5.31. The van der Waals surface area contributed by atoms with Gasteiger partial charge in [0.2, 0.25) is 5.82 Å². The zero-order valence-electron chi connectivity index (χ0n) is 15.1. The molecule has 7 heteroatoms. The number of guanidine groups is 1. The Balaban J connectivity index is 1.51. The lowest BCUT2D eigenvalue weighted by atomic mass is 9.87. The molecule has 7 nitrogen and oxygen atoms in total. The number of aromatic nitrogens is 3. The second-order valence-corrected chi connectivity index (χ2v) is 6.69. The molecule has 0 amide bonds. The number of hydrogen-bond donors (Lipinski definition) is 3. The van der Waals surface area contributed by atoms with Gasteiger partial charge in [0.25, 0.3) is 0 Å². The third-order valence-electron chi connectivity index (χ3n) is 4.59. The van der Waals surface area contributed by atoms with E-state index in [0.717, 1.165) is 24.2 Å². The van der Waals surface area contributed by atoms with Crippen LogP contribution >= 0.6 is 0 Å². The minimum Gasteiger partial charge on any atom is -0.461 e. The molecule has 1 fully saturated rings. The fourth-order valence-corrected chi connectivity index (χ4v) is 3.11. The van der Waals surface area contributed by atoms with Crippen LogP contribution in [0.2, 0.25) is 0 Å². The number of aromatic amines is 1. The molecule has 0 aliphatic heterocycles. The highest BCUT2D eigenvalue weighted by atomic mass is 16.3. The lowest BCUT2D eigenvalue weighted by molar-refractivity contribution is 0.329. The van der Waals surface area contributed by atoms with Crippen LogP contribution in [-0.4, -0.2) is 40.3 Å². The van der Waals surface area contributed by atoms with Gasteiger partial charge in [0.05, 0.1) is 6.26 Å². The summed E-state index contributed by atoms with van der Waals surface area (Å²) in [6.45, 7) is 5.95. The molecule has 0 saturated heterocycles. The molecule has 1 aliphatic rings. The molecular formula is C18H28N6O. The van der Waals surface area contributed by atoms with Gasteiger partial charge in [-0.05, 0) is 50.7 Å². The van der Waals surface area contributed by atoms with E-state index in [9.17, 15) is 0 Å². The molecule has 2 heterocycles. The van der Waals surface area contributed by atoms with E-state index in [-0.39, 0.29) is 0 Å². The van der Waals surface area contributed by atoms with Gasteiger partial charge in [0.15, 0.2) is 11.7 Å². The number of H-pyrrole nitrogens is 1. The van der Waals surface area contributed by atoms with Crippen molar-refractivity contribution in [3.05, 3.63) is 24.2 Å². The maximum atomic E-state index is 5.31. The van der Waals surface area contributed by atoms with Crippen molar-refractivity contribution < 1.29 is 4.42 Å². The van der Waals surface area contributed by atoms with Crippen molar-refractivity contribution in [1.82, 2.24) is 25.8 Å². The number of nitrogens with zero attached hydrogens (tertiary/aromatic N) is 3. The predicted molar refractivity (Wildman–Crippen MR) is 98.3 cm³/mol. The van der Waals surface area contributed by atoms with E-state index in [1.54, 1.807) is 6.26 Å². The van der Waals surface area contributed by atoms with Crippen molar-refractivity contribution in [3.63, 3.8) is 0 Å². The second-order valence-electron chi connectivity index (χ2n) is 6.69. The standard InChI is InChI=1S/C18H28N6O/c1-3-19-18(21-14-8-6-13(2)7-9-14)20-11-10-16-22-17(24-23-16)15-5-4-12-25-15/h4-5,12-14H,3,6-11H2,1-2H3,(H2,19,20,21)(H,22,23,24). The molecule has 1 saturated carbocycles. The van der Waals surface area contributed by atoms with Crippen LogP contribution in [0.25, 0.3) is 11.6 Å². The topological polar surface area (TPSA) is 91.1 Å². The molecule has 0 bridgehead atoms. The van der Waals surface area contributed by atoms with E-state index >= 15 is 0 Å². The van der Waals surface area contributed by atoms with Crippen LogP contribution in [-0.2, 0) is 6.42 Å². The molecule has 25 heavy (non-hydrogen) atoms. The van der Waals surface area contributed by atoms with E-state index in [2.05, 4.69) is 44.7 Å². The first-order valence-electron chi connectivity index (χ1n) is 9.24. The summed E-state index contributed by atoms with van der Waals surface area (Å²) in [5.41, 5.74) is 0. The maximum Gasteiger partial charge on any atom is 0.216 e. The van der Waals surface area contributed by atoms with Gasteiger partial charge >= 0.3 is 0 Å². The van der Waals surface area contributed by atoms with Crippen molar-refractivity contribution in [3.8, 4) is 11.6 Å². The second kappa shape index (κ2) is 8.69. The Morgan fingerprint density at radius 1 is 1.36 bits per heavy atom. The van der Waals surface area contributed by atoms with Crippen molar-refractivity contribution in [2.45, 2.75) is 52.0 Å². The van der Waals surface area contributed by atoms with Crippen LogP contribution in [0.1, 0.15) is 45.4 Å². The molecule has 3 N–H and O–H groups in total. The van der Waals surface area contributed by atoms with Gasteiger partial charge in [0, 0.05) is 25.6 Å². The van der Waals surface area contributed by atoms with Gasteiger partial charge in [-0.15, -0.1) is 0 Å². The third kappa shape index (κ3) is 5.08. The van der Waals surface area contributed by atoms with Crippen molar-refractivity contribution in [1.29, 1.82) is 0 Å². The first-order chi connectivity index (χ1) is 12.2. The van der Waals surface area contributed by atoms with E-state index in [4.69, 9.17) is 4.42 Å². The molecular weight excluding hydrogens is 316 g/mol. The van der Waals surface area contributed by atoms with Crippen LogP contribution in [0.5, 0.6) is 0 Å². The van der Waals surface area contributed by atoms with Gasteiger partial charge in [-0.3, -0.25) is 10.1 Å². The average Bonchev–Trinajstić information content (AvgIpc) is 3.28. The van der Waals surface area contributed by atoms with Crippen LogP contribution < -0.4 is 10.6 Å². The normalized spacial score (nSPS) is 21.3. The Labute approximate surface area is 148 Å². The van der Waals surface area contributed by atoms with Crippen molar-refractivity contribution >= 4 is 5.96 Å². The summed E-state index contributed by atoms with van der Waals surface area (Å²) in [5, 5.41) is 14.0. The molecule has 1 aliphatic carbocycles. The average molecular weight is 344 g/mol. The molecule has 3 rings (SSSR count). The quantitative estimate of drug-likeness (QED) is 0.554. The summed E-state index contributed by atoms with van der Waals surface area (Å²) in [5.74, 6) is 3.83. The van der Waals surface area contributed by atoms with E-state index in [0.29, 0.717) is 30.6 Å². The third-order valence-corrected chi connectivity index (χ3v) is 4.59. The first-order valence-corrected chi connectivity index (χ1v) is 9.24. The van der Waals surface area contributed by atoms with Crippen molar-refractivity contribution in [2.24, 2.45) is 10.9 Å². The molecule has 2 aromatic heterocycles. The molecule has 0 spiro atoms. The zero-order valence-corrected chi connectivity index (χ0v) is 15.1. The number of aliphatic imine (C=N–C) groups is 1. The monoisotopic (exact) mass is 344 g/mol. The van der Waals surface area contributed by atoms with Crippen LogP contribution in [0.15, 0.2) is 27.8 Å². The van der Waals surface area contributed by atoms with E-state index in [1.807, 2.05) is 12.1 Å². The molecule has 2 aromatic rings. The molecule has 0 radical (unpaired) electrons. The summed E-state index contributed by atoms with van der Waals surface area (Å²) >= 11 is 0. The smallest absolute Gasteiger partial charge is 0.216 e. The molecule has 0 unspecified atom stereocenters. The van der Waals surface area contributed by atoms with E-state index in [1.165, 1.54) is 25.7 Å².